The number of benzene rings is 8. The van der Waals surface area contributed by atoms with Crippen LogP contribution in [0.1, 0.15) is 0 Å². The van der Waals surface area contributed by atoms with Gasteiger partial charge in [0, 0.05) is 27.6 Å². The Balaban J connectivity index is 1.04. The average Bonchev–Trinajstić information content (AvgIpc) is 3.62. The largest absolute Gasteiger partial charge is 0.453 e. The summed E-state index contributed by atoms with van der Waals surface area (Å²) in [6, 6.07) is 72.0. The van der Waals surface area contributed by atoms with Gasteiger partial charge in [0.25, 0.3) is 0 Å². The maximum absolute atomic E-state index is 6.69. The molecule has 0 saturated heterocycles. The van der Waals surface area contributed by atoms with Gasteiger partial charge in [-0.25, -0.2) is 9.97 Å². The lowest BCUT2D eigenvalue weighted by Crippen LogP contribution is -2.18. The van der Waals surface area contributed by atoms with Crippen LogP contribution in [0.2, 0.25) is 0 Å². The molecular weight excluding hydrogens is 697 g/mol. The van der Waals surface area contributed by atoms with Crippen molar-refractivity contribution in [3.8, 4) is 62.0 Å². The molecule has 10 aromatic rings. The number of hydrogen-bond acceptors (Lipinski definition) is 4. The van der Waals surface area contributed by atoms with E-state index in [9.17, 15) is 0 Å². The highest BCUT2D eigenvalue weighted by Gasteiger charge is 2.29. The van der Waals surface area contributed by atoms with E-state index >= 15 is 0 Å². The minimum absolute atomic E-state index is 0.573. The molecule has 0 N–H and O–H groups in total. The standard InChI is InChI=1S/C52H34N4O/c1-4-14-35(15-5-1)36-24-28-41(29-25-36)55-46-21-11-10-20-42(46)43-30-26-39(32-49(43)55)40-27-31-48-51(33-40)57-50-23-13-12-22-47(50)56(48)52-53-44(37-16-6-2-7-17-37)34-45(54-52)38-18-8-3-9-19-38/h1-34H. The summed E-state index contributed by atoms with van der Waals surface area (Å²) in [6.07, 6.45) is 0. The number of hydrogen-bond donors (Lipinski definition) is 0. The van der Waals surface area contributed by atoms with Gasteiger partial charge in [0.15, 0.2) is 11.5 Å². The summed E-state index contributed by atoms with van der Waals surface area (Å²) in [6.45, 7) is 0. The first kappa shape index (κ1) is 32.7. The van der Waals surface area contributed by atoms with Gasteiger partial charge in [-0.15, -0.1) is 0 Å². The highest BCUT2D eigenvalue weighted by Crippen LogP contribution is 2.51. The Kier molecular flexibility index (Phi) is 7.74. The molecule has 0 spiro atoms. The number of aromatic nitrogens is 3. The fraction of sp³-hybridized carbons (Fsp3) is 0. The molecule has 0 radical (unpaired) electrons. The van der Waals surface area contributed by atoms with Crippen LogP contribution >= 0.6 is 0 Å². The Morgan fingerprint density at radius 1 is 0.351 bits per heavy atom. The maximum Gasteiger partial charge on any atom is 0.236 e. The van der Waals surface area contributed by atoms with Crippen LogP contribution in [-0.4, -0.2) is 14.5 Å². The molecule has 11 rings (SSSR count). The van der Waals surface area contributed by atoms with Gasteiger partial charge in [-0.1, -0.05) is 152 Å². The Bertz CT molecular complexity index is 3030. The lowest BCUT2D eigenvalue weighted by molar-refractivity contribution is 0.476. The zero-order valence-corrected chi connectivity index (χ0v) is 30.8. The second-order valence-corrected chi connectivity index (χ2v) is 14.3. The predicted molar refractivity (Wildman–Crippen MR) is 233 cm³/mol. The molecule has 8 aromatic carbocycles. The van der Waals surface area contributed by atoms with Crippen molar-refractivity contribution in [3.63, 3.8) is 0 Å². The molecule has 1 aliphatic rings. The van der Waals surface area contributed by atoms with Gasteiger partial charge in [0.05, 0.1) is 33.8 Å². The van der Waals surface area contributed by atoms with Crippen molar-refractivity contribution in [1.29, 1.82) is 0 Å². The fourth-order valence-corrected chi connectivity index (χ4v) is 8.06. The first-order chi connectivity index (χ1) is 28.2. The van der Waals surface area contributed by atoms with Crippen molar-refractivity contribution in [2.75, 3.05) is 4.90 Å². The number of rotatable bonds is 6. The third-order valence-corrected chi connectivity index (χ3v) is 10.8. The number of fused-ring (bicyclic) bond motifs is 5. The molecule has 3 heterocycles. The second kappa shape index (κ2) is 13.5. The quantitative estimate of drug-likeness (QED) is 0.171. The van der Waals surface area contributed by atoms with Gasteiger partial charge >= 0.3 is 0 Å². The highest BCUT2D eigenvalue weighted by molar-refractivity contribution is 6.10. The third-order valence-electron chi connectivity index (χ3n) is 10.8. The second-order valence-electron chi connectivity index (χ2n) is 14.3. The van der Waals surface area contributed by atoms with E-state index in [4.69, 9.17) is 14.7 Å². The van der Waals surface area contributed by atoms with Crippen molar-refractivity contribution < 1.29 is 4.74 Å². The van der Waals surface area contributed by atoms with Gasteiger partial charge < -0.3 is 9.30 Å². The molecule has 1 aliphatic heterocycles. The van der Waals surface area contributed by atoms with E-state index in [0.717, 1.165) is 67.7 Å². The van der Waals surface area contributed by atoms with Crippen LogP contribution in [0.4, 0.5) is 17.3 Å². The number of anilines is 3. The van der Waals surface area contributed by atoms with E-state index in [1.807, 2.05) is 54.6 Å². The van der Waals surface area contributed by atoms with Crippen LogP contribution in [0.15, 0.2) is 206 Å². The van der Waals surface area contributed by atoms with Crippen molar-refractivity contribution in [2.24, 2.45) is 0 Å². The first-order valence-corrected chi connectivity index (χ1v) is 19.2. The van der Waals surface area contributed by atoms with Gasteiger partial charge in [0.1, 0.15) is 0 Å². The zero-order chi connectivity index (χ0) is 37.7. The Morgan fingerprint density at radius 2 is 0.877 bits per heavy atom. The normalized spacial score (nSPS) is 12.0. The molecule has 0 bridgehead atoms. The van der Waals surface area contributed by atoms with Gasteiger partial charge in [-0.2, -0.15) is 0 Å². The minimum Gasteiger partial charge on any atom is -0.453 e. The molecule has 268 valence electrons. The van der Waals surface area contributed by atoms with Crippen LogP contribution < -0.4 is 9.64 Å². The van der Waals surface area contributed by atoms with E-state index in [0.29, 0.717) is 5.95 Å². The van der Waals surface area contributed by atoms with Crippen LogP contribution in [-0.2, 0) is 0 Å². The summed E-state index contributed by atoms with van der Waals surface area (Å²) < 4.78 is 9.07. The molecule has 0 aliphatic carbocycles. The van der Waals surface area contributed by atoms with Crippen molar-refractivity contribution in [1.82, 2.24) is 14.5 Å². The molecule has 5 heteroatoms. The Morgan fingerprint density at radius 3 is 1.60 bits per heavy atom. The number of para-hydroxylation sites is 3. The van der Waals surface area contributed by atoms with Crippen LogP contribution in [0, 0.1) is 0 Å². The van der Waals surface area contributed by atoms with Gasteiger partial charge in [-0.05, 0) is 76.9 Å². The van der Waals surface area contributed by atoms with E-state index < -0.39 is 0 Å². The summed E-state index contributed by atoms with van der Waals surface area (Å²) in [5.41, 5.74) is 13.5. The maximum atomic E-state index is 6.69. The van der Waals surface area contributed by atoms with E-state index in [1.54, 1.807) is 0 Å². The summed E-state index contributed by atoms with van der Waals surface area (Å²) in [5.74, 6) is 2.05. The fourth-order valence-electron chi connectivity index (χ4n) is 8.06. The molecule has 0 atom stereocenters. The Hall–Kier alpha value is -7.76. The summed E-state index contributed by atoms with van der Waals surface area (Å²) in [5, 5.41) is 2.43. The van der Waals surface area contributed by atoms with Crippen molar-refractivity contribution in [2.45, 2.75) is 0 Å². The molecular formula is C52H34N4O. The summed E-state index contributed by atoms with van der Waals surface area (Å²) >= 11 is 0. The molecule has 0 unspecified atom stereocenters. The third kappa shape index (κ3) is 5.72. The molecule has 0 saturated carbocycles. The van der Waals surface area contributed by atoms with E-state index in [-0.39, 0.29) is 0 Å². The lowest BCUT2D eigenvalue weighted by Gasteiger charge is -2.32. The Labute approximate surface area is 330 Å². The predicted octanol–water partition coefficient (Wildman–Crippen LogP) is 13.8. The summed E-state index contributed by atoms with van der Waals surface area (Å²) in [4.78, 5) is 12.5. The van der Waals surface area contributed by atoms with E-state index in [1.165, 1.54) is 27.4 Å². The van der Waals surface area contributed by atoms with Crippen LogP contribution in [0.25, 0.3) is 72.3 Å². The monoisotopic (exact) mass is 730 g/mol. The van der Waals surface area contributed by atoms with E-state index in [2.05, 4.69) is 161 Å². The minimum atomic E-state index is 0.573. The molecule has 5 nitrogen and oxygen atoms in total. The van der Waals surface area contributed by atoms with Crippen LogP contribution in [0.5, 0.6) is 11.5 Å². The topological polar surface area (TPSA) is 43.2 Å². The SMILES string of the molecule is c1ccc(-c2ccc(-n3c4ccccc4c4ccc(-c5ccc6c(c5)Oc5ccccc5N6c5nc(-c6ccccc6)cc(-c6ccccc6)n5)cc43)cc2)cc1. The number of nitrogens with zero attached hydrogens (tertiary/aromatic N) is 4. The summed E-state index contributed by atoms with van der Waals surface area (Å²) in [7, 11) is 0. The molecule has 0 amide bonds. The van der Waals surface area contributed by atoms with Gasteiger partial charge in [-0.3, -0.25) is 4.90 Å². The van der Waals surface area contributed by atoms with Crippen molar-refractivity contribution >= 4 is 39.1 Å². The average molecular weight is 731 g/mol. The van der Waals surface area contributed by atoms with Crippen LogP contribution in [0.3, 0.4) is 0 Å². The molecule has 0 fully saturated rings. The van der Waals surface area contributed by atoms with Gasteiger partial charge in [0.2, 0.25) is 5.95 Å². The first-order valence-electron chi connectivity index (χ1n) is 19.2. The van der Waals surface area contributed by atoms with Crippen molar-refractivity contribution in [3.05, 3.63) is 206 Å². The smallest absolute Gasteiger partial charge is 0.236 e. The molecule has 2 aromatic heterocycles. The molecule has 57 heavy (non-hydrogen) atoms. The zero-order valence-electron chi connectivity index (χ0n) is 30.8. The lowest BCUT2D eigenvalue weighted by atomic mass is 10.0. The number of ether oxygens (including phenoxy) is 1. The highest BCUT2D eigenvalue weighted by atomic mass is 16.5.